The van der Waals surface area contributed by atoms with Crippen LogP contribution in [0.2, 0.25) is 5.02 Å². The number of rotatable bonds is 7. The fourth-order valence-corrected chi connectivity index (χ4v) is 3.16. The summed E-state index contributed by atoms with van der Waals surface area (Å²) in [5.74, 6) is 8.59. The third-order valence-electron chi connectivity index (χ3n) is 3.73. The first-order valence-electron chi connectivity index (χ1n) is 8.27. The molecule has 0 unspecified atom stereocenters. The molecule has 0 saturated heterocycles. The summed E-state index contributed by atoms with van der Waals surface area (Å²) in [4.78, 5) is 0. The van der Waals surface area contributed by atoms with Crippen LogP contribution >= 0.6 is 23.4 Å². The number of hydrogen-bond donors (Lipinski definition) is 1. The highest BCUT2D eigenvalue weighted by Gasteiger charge is 2.14. The lowest BCUT2D eigenvalue weighted by Gasteiger charge is -2.06. The van der Waals surface area contributed by atoms with E-state index in [0.717, 1.165) is 5.56 Å². The highest BCUT2D eigenvalue weighted by Crippen LogP contribution is 2.23. The fourth-order valence-electron chi connectivity index (χ4n) is 2.32. The molecule has 2 N–H and O–H groups in total. The number of thioether (sulfide) groups is 1. The summed E-state index contributed by atoms with van der Waals surface area (Å²) < 4.78 is 12.7. The molecule has 142 valence electrons. The second kappa shape index (κ2) is 8.32. The lowest BCUT2D eigenvalue weighted by Crippen LogP contribution is -2.15. The van der Waals surface area contributed by atoms with Crippen molar-refractivity contribution in [3.05, 3.63) is 71.3 Å². The summed E-state index contributed by atoms with van der Waals surface area (Å²) >= 11 is 7.21. The lowest BCUT2D eigenvalue weighted by atomic mass is 10.2. The van der Waals surface area contributed by atoms with Crippen LogP contribution in [0.3, 0.4) is 0 Å². The number of nitrogens with two attached hydrogens (primary N) is 1. The van der Waals surface area contributed by atoms with Crippen LogP contribution in [0.15, 0.2) is 64.2 Å². The molecule has 0 atom stereocenters. The van der Waals surface area contributed by atoms with Gasteiger partial charge in [0.15, 0.2) is 5.82 Å². The van der Waals surface area contributed by atoms with Crippen molar-refractivity contribution in [2.75, 3.05) is 5.84 Å². The Morgan fingerprint density at radius 2 is 1.79 bits per heavy atom. The van der Waals surface area contributed by atoms with Crippen molar-refractivity contribution in [1.29, 1.82) is 0 Å². The Hall–Kier alpha value is -3.04. The van der Waals surface area contributed by atoms with Gasteiger partial charge >= 0.3 is 0 Å². The van der Waals surface area contributed by atoms with Gasteiger partial charge in [-0.2, -0.15) is 0 Å². The van der Waals surface area contributed by atoms with Gasteiger partial charge in [0.05, 0.1) is 5.75 Å². The average molecular weight is 415 g/mol. The maximum absolute atomic E-state index is 6.06. The second-order valence-corrected chi connectivity index (χ2v) is 7.05. The zero-order valence-electron chi connectivity index (χ0n) is 14.5. The number of halogens is 1. The predicted molar refractivity (Wildman–Crippen MR) is 105 cm³/mol. The zero-order chi connectivity index (χ0) is 19.3. The van der Waals surface area contributed by atoms with Gasteiger partial charge in [0.25, 0.3) is 0 Å². The van der Waals surface area contributed by atoms with E-state index >= 15 is 0 Å². The first-order chi connectivity index (χ1) is 13.7. The van der Waals surface area contributed by atoms with E-state index in [1.165, 1.54) is 16.4 Å². The maximum atomic E-state index is 6.06. The smallest absolute Gasteiger partial charge is 0.247 e. The van der Waals surface area contributed by atoms with Crippen molar-refractivity contribution in [1.82, 2.24) is 25.1 Å². The molecule has 8 nitrogen and oxygen atoms in total. The third-order valence-corrected chi connectivity index (χ3v) is 4.91. The Bertz CT molecular complexity index is 1050. The molecule has 0 aliphatic heterocycles. The molecule has 28 heavy (non-hydrogen) atoms. The zero-order valence-corrected chi connectivity index (χ0v) is 16.1. The van der Waals surface area contributed by atoms with Crippen LogP contribution < -0.4 is 10.6 Å². The number of nitrogens with zero attached hydrogens (tertiary/aromatic N) is 5. The summed E-state index contributed by atoms with van der Waals surface area (Å²) in [5.41, 5.74) is 0.870. The van der Waals surface area contributed by atoms with Crippen LogP contribution in [0.4, 0.5) is 0 Å². The van der Waals surface area contributed by atoms with Crippen LogP contribution in [0.25, 0.3) is 11.5 Å². The number of nitrogen functional groups attached to an aromatic ring is 1. The standard InChI is InChI=1S/C18H15ClN6O2S/c19-13-6-8-14(9-7-13)26-10-15-21-24-18(25(15)20)28-11-16-22-23-17(27-16)12-4-2-1-3-5-12/h1-9H,10-11,20H2. The van der Waals surface area contributed by atoms with Gasteiger partial charge in [0.1, 0.15) is 12.4 Å². The van der Waals surface area contributed by atoms with Crippen molar-refractivity contribution in [2.45, 2.75) is 17.5 Å². The van der Waals surface area contributed by atoms with E-state index in [9.17, 15) is 0 Å². The van der Waals surface area contributed by atoms with Crippen molar-refractivity contribution < 1.29 is 9.15 Å². The third kappa shape index (κ3) is 4.26. The van der Waals surface area contributed by atoms with Crippen LogP contribution in [0, 0.1) is 0 Å². The molecule has 4 rings (SSSR count). The molecule has 0 aliphatic carbocycles. The van der Waals surface area contributed by atoms with Gasteiger partial charge < -0.3 is 15.0 Å². The van der Waals surface area contributed by atoms with Crippen LogP contribution in [-0.2, 0) is 12.4 Å². The van der Waals surface area contributed by atoms with Gasteiger partial charge in [0, 0.05) is 10.6 Å². The summed E-state index contributed by atoms with van der Waals surface area (Å²) in [5, 5.41) is 17.4. The van der Waals surface area contributed by atoms with Crippen LogP contribution in [0.5, 0.6) is 5.75 Å². The number of benzene rings is 2. The molecule has 0 fully saturated rings. The Labute approximate surface area is 169 Å². The number of ether oxygens (including phenoxy) is 1. The van der Waals surface area contributed by atoms with E-state index in [1.807, 2.05) is 30.3 Å². The van der Waals surface area contributed by atoms with Crippen molar-refractivity contribution in [2.24, 2.45) is 0 Å². The second-order valence-electron chi connectivity index (χ2n) is 5.67. The van der Waals surface area contributed by atoms with Gasteiger partial charge in [-0.15, -0.1) is 20.4 Å². The molecule has 2 heterocycles. The summed E-state index contributed by atoms with van der Waals surface area (Å²) in [7, 11) is 0. The normalized spacial score (nSPS) is 10.9. The Balaban J connectivity index is 1.36. The van der Waals surface area contributed by atoms with E-state index in [2.05, 4.69) is 20.4 Å². The molecular weight excluding hydrogens is 400 g/mol. The first-order valence-corrected chi connectivity index (χ1v) is 9.64. The van der Waals surface area contributed by atoms with Crippen LogP contribution in [-0.4, -0.2) is 25.1 Å². The van der Waals surface area contributed by atoms with Crippen molar-refractivity contribution in [3.8, 4) is 17.2 Å². The molecule has 0 radical (unpaired) electrons. The summed E-state index contributed by atoms with van der Waals surface area (Å²) in [6.45, 7) is 0.185. The molecule has 0 spiro atoms. The molecule has 10 heteroatoms. The topological polar surface area (TPSA) is 105 Å². The predicted octanol–water partition coefficient (Wildman–Crippen LogP) is 3.57. The van der Waals surface area contributed by atoms with E-state index in [4.69, 9.17) is 26.6 Å². The van der Waals surface area contributed by atoms with Gasteiger partial charge in [-0.05, 0) is 36.4 Å². The molecule has 4 aromatic rings. The SMILES string of the molecule is Nn1c(COc2ccc(Cl)cc2)nnc1SCc1nnc(-c2ccccc2)o1. The number of aromatic nitrogens is 5. The summed E-state index contributed by atoms with van der Waals surface area (Å²) in [6, 6.07) is 16.6. The van der Waals surface area contributed by atoms with Gasteiger partial charge in [0.2, 0.25) is 16.9 Å². The monoisotopic (exact) mass is 414 g/mol. The van der Waals surface area contributed by atoms with Gasteiger partial charge in [-0.1, -0.05) is 41.6 Å². The highest BCUT2D eigenvalue weighted by molar-refractivity contribution is 7.98. The Kier molecular flexibility index (Phi) is 5.45. The molecule has 2 aromatic carbocycles. The first kappa shape index (κ1) is 18.3. The van der Waals surface area contributed by atoms with Crippen LogP contribution in [0.1, 0.15) is 11.7 Å². The molecule has 2 aromatic heterocycles. The van der Waals surface area contributed by atoms with E-state index in [0.29, 0.717) is 39.3 Å². The molecule has 0 amide bonds. The minimum absolute atomic E-state index is 0.185. The van der Waals surface area contributed by atoms with Crippen molar-refractivity contribution >= 4 is 23.4 Å². The quantitative estimate of drug-likeness (QED) is 0.361. The molecular formula is C18H15ClN6O2S. The van der Waals surface area contributed by atoms with E-state index < -0.39 is 0 Å². The minimum Gasteiger partial charge on any atom is -0.486 e. The lowest BCUT2D eigenvalue weighted by molar-refractivity contribution is 0.291. The molecule has 0 aliphatic rings. The largest absolute Gasteiger partial charge is 0.486 e. The molecule has 0 saturated carbocycles. The fraction of sp³-hybridized carbons (Fsp3) is 0.111. The van der Waals surface area contributed by atoms with Gasteiger partial charge in [-0.3, -0.25) is 0 Å². The Morgan fingerprint density at radius 1 is 1.00 bits per heavy atom. The summed E-state index contributed by atoms with van der Waals surface area (Å²) in [6.07, 6.45) is 0. The average Bonchev–Trinajstić information content (AvgIpc) is 3.34. The Morgan fingerprint density at radius 3 is 2.57 bits per heavy atom. The number of hydrogen-bond acceptors (Lipinski definition) is 8. The molecule has 0 bridgehead atoms. The van der Waals surface area contributed by atoms with E-state index in [-0.39, 0.29) is 6.61 Å². The van der Waals surface area contributed by atoms with Crippen molar-refractivity contribution in [3.63, 3.8) is 0 Å². The highest BCUT2D eigenvalue weighted by atomic mass is 35.5. The minimum atomic E-state index is 0.185. The van der Waals surface area contributed by atoms with Gasteiger partial charge in [-0.25, -0.2) is 4.68 Å². The maximum Gasteiger partial charge on any atom is 0.247 e. The van der Waals surface area contributed by atoms with E-state index in [1.54, 1.807) is 24.3 Å².